The van der Waals surface area contributed by atoms with Crippen LogP contribution in [0, 0.1) is 0 Å². The van der Waals surface area contributed by atoms with Crippen molar-refractivity contribution in [3.63, 3.8) is 0 Å². The van der Waals surface area contributed by atoms with Gasteiger partial charge in [-0.2, -0.15) is 0 Å². The van der Waals surface area contributed by atoms with Gasteiger partial charge in [-0.1, -0.05) is 12.1 Å². The van der Waals surface area contributed by atoms with Crippen LogP contribution in [-0.2, 0) is 25.6 Å². The number of nitrogens with one attached hydrogen (secondary N) is 1. The van der Waals surface area contributed by atoms with E-state index in [1.54, 1.807) is 18.6 Å². The van der Waals surface area contributed by atoms with E-state index in [-0.39, 0.29) is 5.70 Å². The van der Waals surface area contributed by atoms with Crippen LogP contribution in [0.25, 0.3) is 0 Å². The Morgan fingerprint density at radius 1 is 1.30 bits per heavy atom. The molecule has 0 saturated heterocycles. The minimum absolute atomic E-state index is 0.000805. The molecule has 0 bridgehead atoms. The minimum atomic E-state index is -0.657. The Labute approximate surface area is 133 Å². The van der Waals surface area contributed by atoms with Gasteiger partial charge < -0.3 is 19.4 Å². The molecule has 0 amide bonds. The van der Waals surface area contributed by atoms with Crippen LogP contribution in [0.2, 0.25) is 0 Å². The molecular weight excluding hydrogens is 298 g/mol. The van der Waals surface area contributed by atoms with Gasteiger partial charge in [-0.25, -0.2) is 14.6 Å². The number of aromatic nitrogens is 2. The van der Waals surface area contributed by atoms with Gasteiger partial charge in [0.15, 0.2) is 0 Å². The predicted octanol–water partition coefficient (Wildman–Crippen LogP) is 1.57. The minimum Gasteiger partial charge on any atom is -0.466 e. The summed E-state index contributed by atoms with van der Waals surface area (Å²) in [5, 5.41) is 2.88. The molecule has 2 rings (SSSR count). The van der Waals surface area contributed by atoms with Crippen molar-refractivity contribution in [1.82, 2.24) is 9.55 Å². The van der Waals surface area contributed by atoms with E-state index in [0.29, 0.717) is 12.2 Å². The zero-order chi connectivity index (χ0) is 16.7. The van der Waals surface area contributed by atoms with Gasteiger partial charge in [0, 0.05) is 24.6 Å². The van der Waals surface area contributed by atoms with E-state index in [1.165, 1.54) is 14.2 Å². The lowest BCUT2D eigenvalue weighted by molar-refractivity contribution is -0.138. The fourth-order valence-electron chi connectivity index (χ4n) is 1.93. The average Bonchev–Trinajstić information content (AvgIpc) is 3.06. The average molecular weight is 315 g/mol. The van der Waals surface area contributed by atoms with Crippen LogP contribution in [0.1, 0.15) is 5.56 Å². The van der Waals surface area contributed by atoms with Gasteiger partial charge in [-0.05, 0) is 17.7 Å². The molecule has 1 aromatic heterocycles. The summed E-state index contributed by atoms with van der Waals surface area (Å²) in [5.41, 5.74) is 1.66. The van der Waals surface area contributed by atoms with Gasteiger partial charge in [-0.15, -0.1) is 0 Å². The van der Waals surface area contributed by atoms with Crippen LogP contribution < -0.4 is 5.32 Å². The Morgan fingerprint density at radius 2 is 2.13 bits per heavy atom. The molecule has 0 aliphatic heterocycles. The number of benzene rings is 1. The van der Waals surface area contributed by atoms with Crippen molar-refractivity contribution < 1.29 is 19.1 Å². The van der Waals surface area contributed by atoms with Gasteiger partial charge in [0.25, 0.3) is 0 Å². The largest absolute Gasteiger partial charge is 0.466 e. The van der Waals surface area contributed by atoms with Crippen molar-refractivity contribution in [2.75, 3.05) is 19.5 Å². The van der Waals surface area contributed by atoms with Gasteiger partial charge in [0.2, 0.25) is 0 Å². The highest BCUT2D eigenvalue weighted by Gasteiger charge is 2.12. The number of hydrogen-bond acceptors (Lipinski definition) is 6. The van der Waals surface area contributed by atoms with Gasteiger partial charge in [0.1, 0.15) is 5.70 Å². The molecule has 1 heterocycles. The summed E-state index contributed by atoms with van der Waals surface area (Å²) in [6.07, 6.45) is 6.33. The number of carbonyl (C=O) groups excluding carboxylic acids is 2. The maximum atomic E-state index is 11.7. The number of methoxy groups -OCH3 is 2. The lowest BCUT2D eigenvalue weighted by Crippen LogP contribution is -2.15. The zero-order valence-electron chi connectivity index (χ0n) is 12.9. The smallest absolute Gasteiger partial charge is 0.354 e. The van der Waals surface area contributed by atoms with E-state index in [1.807, 2.05) is 29.0 Å². The van der Waals surface area contributed by atoms with Crippen LogP contribution in [0.3, 0.4) is 0 Å². The number of hydrogen-bond donors (Lipinski definition) is 1. The Bertz CT molecular complexity index is 708. The van der Waals surface area contributed by atoms with Crippen molar-refractivity contribution in [2.24, 2.45) is 0 Å². The van der Waals surface area contributed by atoms with Crippen molar-refractivity contribution in [3.05, 3.63) is 60.3 Å². The van der Waals surface area contributed by atoms with Crippen LogP contribution in [0.5, 0.6) is 0 Å². The van der Waals surface area contributed by atoms with E-state index in [0.717, 1.165) is 11.6 Å². The fourth-order valence-corrected chi connectivity index (χ4v) is 1.93. The molecule has 0 saturated carbocycles. The lowest BCUT2D eigenvalue weighted by atomic mass is 10.2. The first-order valence-corrected chi connectivity index (χ1v) is 6.82. The molecule has 2 aromatic rings. The van der Waals surface area contributed by atoms with Crippen LogP contribution in [-0.4, -0.2) is 35.7 Å². The third kappa shape index (κ3) is 4.70. The molecule has 0 aliphatic rings. The number of ether oxygens (including phenoxy) is 2. The van der Waals surface area contributed by atoms with Gasteiger partial charge in [-0.3, -0.25) is 0 Å². The van der Waals surface area contributed by atoms with Crippen LogP contribution in [0.4, 0.5) is 5.69 Å². The van der Waals surface area contributed by atoms with Crippen molar-refractivity contribution in [3.8, 4) is 0 Å². The Hall–Kier alpha value is -3.09. The standard InChI is InChI=1S/C16H17N3O4/c1-22-15(20)9-14(16(21)23-2)18-13-5-3-4-12(8-13)10-19-7-6-17-11-19/h3-9,11,18H,10H2,1-2H3/b14-9+. The Balaban J connectivity index is 2.18. The first-order valence-electron chi connectivity index (χ1n) is 6.82. The van der Waals surface area contributed by atoms with Crippen molar-refractivity contribution in [1.29, 1.82) is 0 Å². The number of nitrogens with zero attached hydrogens (tertiary/aromatic N) is 2. The van der Waals surface area contributed by atoms with E-state index < -0.39 is 11.9 Å². The SMILES string of the molecule is COC(=O)/C=C(/Nc1cccc(Cn2ccnc2)c1)C(=O)OC. The third-order valence-corrected chi connectivity index (χ3v) is 3.00. The predicted molar refractivity (Wildman–Crippen MR) is 83.5 cm³/mol. The Kier molecular flexibility index (Phi) is 5.51. The summed E-state index contributed by atoms with van der Waals surface area (Å²) < 4.78 is 11.1. The van der Waals surface area contributed by atoms with Crippen molar-refractivity contribution in [2.45, 2.75) is 6.54 Å². The molecular formula is C16H17N3O4. The number of carbonyl (C=O) groups is 2. The maximum Gasteiger partial charge on any atom is 0.354 e. The topological polar surface area (TPSA) is 82.5 Å². The Morgan fingerprint density at radius 3 is 2.78 bits per heavy atom. The van der Waals surface area contributed by atoms with Gasteiger partial charge in [0.05, 0.1) is 26.6 Å². The van der Waals surface area contributed by atoms with Crippen molar-refractivity contribution >= 4 is 17.6 Å². The molecule has 0 fully saturated rings. The number of imidazole rings is 1. The summed E-state index contributed by atoms with van der Waals surface area (Å²) in [5.74, 6) is -1.30. The molecule has 0 aliphatic carbocycles. The molecule has 1 aromatic carbocycles. The second-order valence-corrected chi connectivity index (χ2v) is 4.63. The molecule has 1 N–H and O–H groups in total. The summed E-state index contributed by atoms with van der Waals surface area (Å²) in [7, 11) is 2.48. The number of anilines is 1. The maximum absolute atomic E-state index is 11.7. The number of rotatable bonds is 6. The molecule has 0 radical (unpaired) electrons. The molecule has 0 spiro atoms. The summed E-state index contributed by atoms with van der Waals surface area (Å²) in [4.78, 5) is 27.1. The second-order valence-electron chi connectivity index (χ2n) is 4.63. The first-order chi connectivity index (χ1) is 11.1. The molecule has 120 valence electrons. The second kappa shape index (κ2) is 7.79. The quantitative estimate of drug-likeness (QED) is 0.643. The van der Waals surface area contributed by atoms with E-state index in [4.69, 9.17) is 0 Å². The highest BCUT2D eigenvalue weighted by atomic mass is 16.5. The number of esters is 2. The molecule has 7 nitrogen and oxygen atoms in total. The molecule has 23 heavy (non-hydrogen) atoms. The lowest BCUT2D eigenvalue weighted by Gasteiger charge is -2.10. The summed E-state index contributed by atoms with van der Waals surface area (Å²) in [6, 6.07) is 7.45. The highest BCUT2D eigenvalue weighted by molar-refractivity contribution is 5.98. The normalized spacial score (nSPS) is 11.0. The summed E-state index contributed by atoms with van der Waals surface area (Å²) >= 11 is 0. The molecule has 0 unspecified atom stereocenters. The van der Waals surface area contributed by atoms with Crippen LogP contribution in [0.15, 0.2) is 54.8 Å². The zero-order valence-corrected chi connectivity index (χ0v) is 12.9. The van der Waals surface area contributed by atoms with E-state index in [2.05, 4.69) is 19.8 Å². The van der Waals surface area contributed by atoms with E-state index in [9.17, 15) is 9.59 Å². The van der Waals surface area contributed by atoms with Crippen LogP contribution >= 0.6 is 0 Å². The highest BCUT2D eigenvalue weighted by Crippen LogP contribution is 2.15. The van der Waals surface area contributed by atoms with Gasteiger partial charge >= 0.3 is 11.9 Å². The van der Waals surface area contributed by atoms with E-state index >= 15 is 0 Å². The third-order valence-electron chi connectivity index (χ3n) is 3.00. The summed E-state index contributed by atoms with van der Waals surface area (Å²) in [6.45, 7) is 0.643. The molecule has 7 heteroatoms. The first kappa shape index (κ1) is 16.3. The fraction of sp³-hybridized carbons (Fsp3) is 0.188. The monoisotopic (exact) mass is 315 g/mol. The molecule has 0 atom stereocenters.